The maximum atomic E-state index is 11.9. The maximum absolute atomic E-state index is 11.9. The van der Waals surface area contributed by atoms with E-state index in [0.29, 0.717) is 19.1 Å². The van der Waals surface area contributed by atoms with Crippen molar-refractivity contribution < 1.29 is 14.3 Å². The molecule has 2 rings (SSSR count). The van der Waals surface area contributed by atoms with Gasteiger partial charge >= 0.3 is 0 Å². The number of amides is 1. The van der Waals surface area contributed by atoms with Crippen LogP contribution in [0.1, 0.15) is 6.92 Å². The van der Waals surface area contributed by atoms with Crippen LogP contribution in [-0.2, 0) is 4.79 Å². The van der Waals surface area contributed by atoms with E-state index in [4.69, 9.17) is 9.47 Å². The van der Waals surface area contributed by atoms with Crippen molar-refractivity contribution in [2.75, 3.05) is 33.4 Å². The Morgan fingerprint density at radius 2 is 2.00 bits per heavy atom. The van der Waals surface area contributed by atoms with E-state index in [1.807, 2.05) is 31.2 Å². The molecule has 1 atom stereocenters. The van der Waals surface area contributed by atoms with E-state index in [1.54, 1.807) is 7.11 Å². The van der Waals surface area contributed by atoms with Crippen molar-refractivity contribution in [1.29, 1.82) is 0 Å². The lowest BCUT2D eigenvalue weighted by Gasteiger charge is -2.31. The SMILES string of the molecule is COc1ccc(OCCNC(=O)C(C)C2CNC2)cc1. The van der Waals surface area contributed by atoms with Gasteiger partial charge in [-0.1, -0.05) is 6.92 Å². The number of nitrogens with one attached hydrogen (secondary N) is 2. The van der Waals surface area contributed by atoms with Gasteiger partial charge in [-0.05, 0) is 43.3 Å². The van der Waals surface area contributed by atoms with E-state index in [0.717, 1.165) is 24.6 Å². The average molecular weight is 278 g/mol. The van der Waals surface area contributed by atoms with Crippen LogP contribution in [0.15, 0.2) is 24.3 Å². The maximum Gasteiger partial charge on any atom is 0.223 e. The number of hydrogen-bond acceptors (Lipinski definition) is 4. The summed E-state index contributed by atoms with van der Waals surface area (Å²) in [7, 11) is 1.63. The summed E-state index contributed by atoms with van der Waals surface area (Å²) in [5.41, 5.74) is 0. The Kier molecular flexibility index (Phi) is 5.24. The van der Waals surface area contributed by atoms with Gasteiger partial charge in [-0.3, -0.25) is 4.79 Å². The molecule has 20 heavy (non-hydrogen) atoms. The highest BCUT2D eigenvalue weighted by atomic mass is 16.5. The predicted octanol–water partition coefficient (Wildman–Crippen LogP) is 1.05. The third kappa shape index (κ3) is 3.87. The van der Waals surface area contributed by atoms with Crippen molar-refractivity contribution in [2.45, 2.75) is 6.92 Å². The summed E-state index contributed by atoms with van der Waals surface area (Å²) in [6, 6.07) is 7.39. The lowest BCUT2D eigenvalue weighted by molar-refractivity contribution is -0.126. The van der Waals surface area contributed by atoms with Crippen LogP contribution in [0.2, 0.25) is 0 Å². The van der Waals surface area contributed by atoms with Crippen molar-refractivity contribution in [3.05, 3.63) is 24.3 Å². The molecule has 5 heteroatoms. The standard InChI is InChI=1S/C15H22N2O3/c1-11(12-9-16-10-12)15(18)17-7-8-20-14-5-3-13(19-2)4-6-14/h3-6,11-12,16H,7-10H2,1-2H3,(H,17,18). The zero-order valence-corrected chi connectivity index (χ0v) is 12.0. The molecule has 1 aromatic carbocycles. The Morgan fingerprint density at radius 3 is 2.55 bits per heavy atom. The summed E-state index contributed by atoms with van der Waals surface area (Å²) >= 11 is 0. The Bertz CT molecular complexity index is 429. The highest BCUT2D eigenvalue weighted by Crippen LogP contribution is 2.17. The van der Waals surface area contributed by atoms with Gasteiger partial charge in [0.1, 0.15) is 18.1 Å². The third-order valence-electron chi connectivity index (χ3n) is 3.66. The van der Waals surface area contributed by atoms with Crippen molar-refractivity contribution in [3.63, 3.8) is 0 Å². The fourth-order valence-corrected chi connectivity index (χ4v) is 2.05. The molecule has 1 aliphatic heterocycles. The normalized spacial score (nSPS) is 16.1. The smallest absolute Gasteiger partial charge is 0.223 e. The van der Waals surface area contributed by atoms with Crippen LogP contribution in [0.5, 0.6) is 11.5 Å². The lowest BCUT2D eigenvalue weighted by Crippen LogP contribution is -2.49. The third-order valence-corrected chi connectivity index (χ3v) is 3.66. The highest BCUT2D eigenvalue weighted by Gasteiger charge is 2.28. The first-order valence-corrected chi connectivity index (χ1v) is 6.96. The van der Waals surface area contributed by atoms with Gasteiger partial charge in [0.05, 0.1) is 13.7 Å². The number of hydrogen-bond donors (Lipinski definition) is 2. The molecule has 0 aromatic heterocycles. The Balaban J connectivity index is 1.63. The number of rotatable bonds is 7. The summed E-state index contributed by atoms with van der Waals surface area (Å²) in [4.78, 5) is 11.9. The van der Waals surface area contributed by atoms with Crippen molar-refractivity contribution in [1.82, 2.24) is 10.6 Å². The van der Waals surface area contributed by atoms with E-state index in [-0.39, 0.29) is 11.8 Å². The van der Waals surface area contributed by atoms with Crippen LogP contribution in [0.25, 0.3) is 0 Å². The van der Waals surface area contributed by atoms with Gasteiger partial charge in [0.25, 0.3) is 0 Å². The molecule has 1 aliphatic rings. The quantitative estimate of drug-likeness (QED) is 0.732. The van der Waals surface area contributed by atoms with Crippen molar-refractivity contribution in [3.8, 4) is 11.5 Å². The molecule has 2 N–H and O–H groups in total. The first-order chi connectivity index (χ1) is 9.70. The molecule has 1 heterocycles. The van der Waals surface area contributed by atoms with E-state index in [1.165, 1.54) is 0 Å². The van der Waals surface area contributed by atoms with Crippen LogP contribution < -0.4 is 20.1 Å². The van der Waals surface area contributed by atoms with Crippen LogP contribution >= 0.6 is 0 Å². The summed E-state index contributed by atoms with van der Waals surface area (Å²) in [5.74, 6) is 2.22. The monoisotopic (exact) mass is 278 g/mol. The first-order valence-electron chi connectivity index (χ1n) is 6.96. The molecule has 0 bridgehead atoms. The van der Waals surface area contributed by atoms with Gasteiger partial charge in [-0.25, -0.2) is 0 Å². The summed E-state index contributed by atoms with van der Waals surface area (Å²) in [6.45, 7) is 4.85. The lowest BCUT2D eigenvalue weighted by atomic mass is 9.88. The minimum absolute atomic E-state index is 0.0669. The largest absolute Gasteiger partial charge is 0.497 e. The Labute approximate surface area is 119 Å². The van der Waals surface area contributed by atoms with E-state index < -0.39 is 0 Å². The second-order valence-electron chi connectivity index (χ2n) is 5.02. The summed E-state index contributed by atoms with van der Waals surface area (Å²) < 4.78 is 10.6. The van der Waals surface area contributed by atoms with Gasteiger partial charge in [-0.15, -0.1) is 0 Å². The molecule has 0 saturated carbocycles. The van der Waals surface area contributed by atoms with Crippen LogP contribution in [0, 0.1) is 11.8 Å². The van der Waals surface area contributed by atoms with Gasteiger partial charge < -0.3 is 20.1 Å². The molecular formula is C15H22N2O3. The zero-order chi connectivity index (χ0) is 14.4. The Morgan fingerprint density at radius 1 is 1.35 bits per heavy atom. The summed E-state index contributed by atoms with van der Waals surface area (Å²) in [6.07, 6.45) is 0. The molecule has 1 saturated heterocycles. The molecule has 0 spiro atoms. The van der Waals surface area contributed by atoms with Crippen LogP contribution in [-0.4, -0.2) is 39.3 Å². The fraction of sp³-hybridized carbons (Fsp3) is 0.533. The predicted molar refractivity (Wildman–Crippen MR) is 77.0 cm³/mol. The zero-order valence-electron chi connectivity index (χ0n) is 12.0. The number of benzene rings is 1. The number of carbonyl (C=O) groups excluding carboxylic acids is 1. The number of methoxy groups -OCH3 is 1. The molecule has 1 amide bonds. The number of ether oxygens (including phenoxy) is 2. The second-order valence-corrected chi connectivity index (χ2v) is 5.02. The second kappa shape index (κ2) is 7.14. The van der Waals surface area contributed by atoms with E-state index >= 15 is 0 Å². The molecule has 1 unspecified atom stereocenters. The van der Waals surface area contributed by atoms with Gasteiger partial charge in [-0.2, -0.15) is 0 Å². The Hall–Kier alpha value is -1.75. The van der Waals surface area contributed by atoms with Crippen LogP contribution in [0.4, 0.5) is 0 Å². The fourth-order valence-electron chi connectivity index (χ4n) is 2.05. The first kappa shape index (κ1) is 14.7. The topological polar surface area (TPSA) is 59.6 Å². The van der Waals surface area contributed by atoms with Gasteiger partial charge in [0.15, 0.2) is 0 Å². The molecule has 5 nitrogen and oxygen atoms in total. The molecule has 1 fully saturated rings. The van der Waals surface area contributed by atoms with E-state index in [9.17, 15) is 4.79 Å². The molecule has 0 radical (unpaired) electrons. The van der Waals surface area contributed by atoms with Gasteiger partial charge in [0.2, 0.25) is 5.91 Å². The van der Waals surface area contributed by atoms with Crippen molar-refractivity contribution in [2.24, 2.45) is 11.8 Å². The molecular weight excluding hydrogens is 256 g/mol. The van der Waals surface area contributed by atoms with Gasteiger partial charge in [0, 0.05) is 5.92 Å². The minimum Gasteiger partial charge on any atom is -0.497 e. The number of carbonyl (C=O) groups is 1. The minimum atomic E-state index is 0.0669. The molecule has 0 aliphatic carbocycles. The average Bonchev–Trinajstić information content (AvgIpc) is 2.42. The van der Waals surface area contributed by atoms with Crippen molar-refractivity contribution >= 4 is 5.91 Å². The molecule has 1 aromatic rings. The van der Waals surface area contributed by atoms with E-state index in [2.05, 4.69) is 10.6 Å². The molecule has 110 valence electrons. The van der Waals surface area contributed by atoms with Crippen LogP contribution in [0.3, 0.4) is 0 Å². The highest BCUT2D eigenvalue weighted by molar-refractivity contribution is 5.78. The summed E-state index contributed by atoms with van der Waals surface area (Å²) in [5, 5.41) is 6.09.